The fourth-order valence-corrected chi connectivity index (χ4v) is 2.94. The fourth-order valence-electron chi connectivity index (χ4n) is 2.94. The maximum atomic E-state index is 12.5. The van der Waals surface area contributed by atoms with E-state index in [1.54, 1.807) is 0 Å². The van der Waals surface area contributed by atoms with Gasteiger partial charge in [0.1, 0.15) is 0 Å². The van der Waals surface area contributed by atoms with E-state index in [4.69, 9.17) is 0 Å². The molecule has 1 saturated heterocycles. The van der Waals surface area contributed by atoms with Crippen molar-refractivity contribution >= 4 is 5.91 Å². The highest BCUT2D eigenvalue weighted by atomic mass is 16.2. The largest absolute Gasteiger partial charge is 0.342 e. The Bertz CT molecular complexity index is 405. The second-order valence-electron chi connectivity index (χ2n) is 6.04. The van der Waals surface area contributed by atoms with E-state index in [-0.39, 0.29) is 11.8 Å². The van der Waals surface area contributed by atoms with Gasteiger partial charge in [0.05, 0.1) is 5.92 Å². The Kier molecular flexibility index (Phi) is 4.62. The minimum atomic E-state index is -0.0169. The predicted octanol–water partition coefficient (Wildman–Crippen LogP) is 3.68. The van der Waals surface area contributed by atoms with Crippen LogP contribution in [0.15, 0.2) is 30.3 Å². The summed E-state index contributed by atoms with van der Waals surface area (Å²) in [6.45, 7) is 8.45. The van der Waals surface area contributed by atoms with Gasteiger partial charge < -0.3 is 4.90 Å². The minimum absolute atomic E-state index is 0.0169. The topological polar surface area (TPSA) is 20.3 Å². The Morgan fingerprint density at radius 2 is 1.68 bits per heavy atom. The summed E-state index contributed by atoms with van der Waals surface area (Å²) < 4.78 is 0. The molecule has 0 spiro atoms. The van der Waals surface area contributed by atoms with Crippen molar-refractivity contribution in [3.05, 3.63) is 35.9 Å². The molecule has 1 atom stereocenters. The first-order valence-corrected chi connectivity index (χ1v) is 7.43. The van der Waals surface area contributed by atoms with Crippen molar-refractivity contribution < 1.29 is 4.79 Å². The van der Waals surface area contributed by atoms with Crippen LogP contribution >= 0.6 is 0 Å². The quantitative estimate of drug-likeness (QED) is 0.810. The first-order valence-electron chi connectivity index (χ1n) is 7.43. The number of likely N-dealkylation sites (tertiary alicyclic amines) is 1. The van der Waals surface area contributed by atoms with E-state index < -0.39 is 0 Å². The Labute approximate surface area is 116 Å². The van der Waals surface area contributed by atoms with Crippen LogP contribution in [0.1, 0.15) is 45.1 Å². The van der Waals surface area contributed by atoms with E-state index in [9.17, 15) is 4.79 Å². The molecule has 0 N–H and O–H groups in total. The summed E-state index contributed by atoms with van der Waals surface area (Å²) in [5.41, 5.74) is 1.12. The number of hydrogen-bond acceptors (Lipinski definition) is 1. The minimum Gasteiger partial charge on any atom is -0.342 e. The first kappa shape index (κ1) is 14.1. The number of hydrogen-bond donors (Lipinski definition) is 0. The molecular weight excluding hydrogens is 234 g/mol. The molecule has 0 saturated carbocycles. The molecule has 2 heteroatoms. The molecule has 1 amide bonds. The van der Waals surface area contributed by atoms with Gasteiger partial charge in [-0.15, -0.1) is 0 Å². The van der Waals surface area contributed by atoms with E-state index in [0.29, 0.717) is 0 Å². The average Bonchev–Trinajstić information content (AvgIpc) is 2.46. The Morgan fingerprint density at radius 3 is 2.21 bits per heavy atom. The van der Waals surface area contributed by atoms with Crippen LogP contribution in [0, 0.1) is 11.8 Å². The summed E-state index contributed by atoms with van der Waals surface area (Å²) in [4.78, 5) is 14.6. The van der Waals surface area contributed by atoms with Gasteiger partial charge in [-0.25, -0.2) is 0 Å². The molecule has 0 aliphatic carbocycles. The number of carbonyl (C=O) groups is 1. The lowest BCUT2D eigenvalue weighted by atomic mass is 9.86. The normalized spacial score (nSPS) is 18.6. The summed E-state index contributed by atoms with van der Waals surface area (Å²) in [5.74, 6) is 1.80. The van der Waals surface area contributed by atoms with E-state index in [2.05, 4.69) is 18.7 Å². The van der Waals surface area contributed by atoms with Gasteiger partial charge in [0.15, 0.2) is 0 Å². The van der Waals surface area contributed by atoms with Crippen molar-refractivity contribution in [1.29, 1.82) is 0 Å². The van der Waals surface area contributed by atoms with Gasteiger partial charge in [0.2, 0.25) is 5.91 Å². The number of amides is 1. The van der Waals surface area contributed by atoms with Crippen LogP contribution in [0.25, 0.3) is 0 Å². The van der Waals surface area contributed by atoms with Crippen molar-refractivity contribution in [3.63, 3.8) is 0 Å². The molecule has 1 heterocycles. The van der Waals surface area contributed by atoms with Gasteiger partial charge in [-0.3, -0.25) is 4.79 Å². The summed E-state index contributed by atoms with van der Waals surface area (Å²) in [6.07, 6.45) is 2.32. The van der Waals surface area contributed by atoms with E-state index in [0.717, 1.165) is 43.3 Å². The smallest absolute Gasteiger partial charge is 0.229 e. The Morgan fingerprint density at radius 1 is 1.11 bits per heavy atom. The first-order chi connectivity index (χ1) is 9.09. The lowest BCUT2D eigenvalue weighted by Gasteiger charge is -2.35. The predicted molar refractivity (Wildman–Crippen MR) is 79.0 cm³/mol. The molecule has 2 rings (SSSR count). The molecule has 1 aliphatic rings. The van der Waals surface area contributed by atoms with E-state index >= 15 is 0 Å². The molecule has 0 bridgehead atoms. The molecule has 19 heavy (non-hydrogen) atoms. The third-order valence-electron chi connectivity index (χ3n) is 4.46. The van der Waals surface area contributed by atoms with Crippen LogP contribution in [0.3, 0.4) is 0 Å². The van der Waals surface area contributed by atoms with Gasteiger partial charge >= 0.3 is 0 Å². The Balaban J connectivity index is 1.94. The zero-order valence-electron chi connectivity index (χ0n) is 12.3. The maximum Gasteiger partial charge on any atom is 0.229 e. The van der Waals surface area contributed by atoms with Crippen molar-refractivity contribution in [2.24, 2.45) is 11.8 Å². The lowest BCUT2D eigenvalue weighted by Crippen LogP contribution is -2.41. The van der Waals surface area contributed by atoms with E-state index in [1.165, 1.54) is 0 Å². The fraction of sp³-hybridized carbons (Fsp3) is 0.588. The zero-order valence-corrected chi connectivity index (χ0v) is 12.3. The number of piperidine rings is 1. The van der Waals surface area contributed by atoms with Gasteiger partial charge in [-0.1, -0.05) is 44.2 Å². The molecule has 104 valence electrons. The highest BCUT2D eigenvalue weighted by Crippen LogP contribution is 2.26. The second-order valence-corrected chi connectivity index (χ2v) is 6.04. The van der Waals surface area contributed by atoms with Crippen molar-refractivity contribution in [3.8, 4) is 0 Å². The molecule has 1 aromatic carbocycles. The summed E-state index contributed by atoms with van der Waals surface area (Å²) in [6, 6.07) is 10.1. The number of rotatable bonds is 3. The number of nitrogens with zero attached hydrogens (tertiary/aromatic N) is 1. The van der Waals surface area contributed by atoms with Gasteiger partial charge in [-0.2, -0.15) is 0 Å². The molecular formula is C17H25NO. The second kappa shape index (κ2) is 6.23. The zero-order chi connectivity index (χ0) is 13.8. The van der Waals surface area contributed by atoms with Crippen molar-refractivity contribution in [2.45, 2.75) is 39.5 Å². The SMILES string of the molecule is CC(C)C1CCN(C(=O)[C@@H](C)c2ccccc2)CC1. The van der Waals surface area contributed by atoms with Crippen LogP contribution in [0.4, 0.5) is 0 Å². The van der Waals surface area contributed by atoms with Crippen LogP contribution in [-0.2, 0) is 4.79 Å². The third-order valence-corrected chi connectivity index (χ3v) is 4.46. The molecule has 1 fully saturated rings. The third kappa shape index (κ3) is 3.37. The number of benzene rings is 1. The summed E-state index contributed by atoms with van der Waals surface area (Å²) >= 11 is 0. The molecule has 0 unspecified atom stereocenters. The Hall–Kier alpha value is -1.31. The standard InChI is InChI=1S/C17H25NO/c1-13(2)15-9-11-18(12-10-15)17(19)14(3)16-7-5-4-6-8-16/h4-8,13-15H,9-12H2,1-3H3/t14-/m0/s1. The lowest BCUT2D eigenvalue weighted by molar-refractivity contribution is -0.134. The monoisotopic (exact) mass is 259 g/mol. The van der Waals surface area contributed by atoms with E-state index in [1.807, 2.05) is 37.3 Å². The molecule has 0 aromatic heterocycles. The molecule has 0 radical (unpaired) electrons. The van der Waals surface area contributed by atoms with Crippen LogP contribution in [0.5, 0.6) is 0 Å². The number of carbonyl (C=O) groups excluding carboxylic acids is 1. The van der Waals surface area contributed by atoms with Crippen LogP contribution < -0.4 is 0 Å². The van der Waals surface area contributed by atoms with Gasteiger partial charge in [0, 0.05) is 13.1 Å². The molecule has 1 aliphatic heterocycles. The van der Waals surface area contributed by atoms with Crippen molar-refractivity contribution in [1.82, 2.24) is 4.90 Å². The van der Waals surface area contributed by atoms with Crippen LogP contribution in [-0.4, -0.2) is 23.9 Å². The summed E-state index contributed by atoms with van der Waals surface area (Å²) in [7, 11) is 0. The molecule has 1 aromatic rings. The highest BCUT2D eigenvalue weighted by Gasteiger charge is 2.27. The van der Waals surface area contributed by atoms with Gasteiger partial charge in [-0.05, 0) is 37.2 Å². The van der Waals surface area contributed by atoms with Gasteiger partial charge in [0.25, 0.3) is 0 Å². The van der Waals surface area contributed by atoms with Crippen molar-refractivity contribution in [2.75, 3.05) is 13.1 Å². The highest BCUT2D eigenvalue weighted by molar-refractivity contribution is 5.83. The average molecular weight is 259 g/mol. The summed E-state index contributed by atoms with van der Waals surface area (Å²) in [5, 5.41) is 0. The maximum absolute atomic E-state index is 12.5. The molecule has 2 nitrogen and oxygen atoms in total. The van der Waals surface area contributed by atoms with Crippen LogP contribution in [0.2, 0.25) is 0 Å².